The summed E-state index contributed by atoms with van der Waals surface area (Å²) in [6.07, 6.45) is 1.41. The molecule has 0 bridgehead atoms. The number of carbonyl (C=O) groups excluding carboxylic acids is 1. The Balaban J connectivity index is 1.84. The maximum atomic E-state index is 12.9. The van der Waals surface area contributed by atoms with Gasteiger partial charge in [-0.1, -0.05) is 53.5 Å². The summed E-state index contributed by atoms with van der Waals surface area (Å²) in [6, 6.07) is 14.6. The number of hydrogen-bond donors (Lipinski definition) is 1. The van der Waals surface area contributed by atoms with Gasteiger partial charge in [0.15, 0.2) is 0 Å². The molecule has 1 heterocycles. The maximum Gasteiger partial charge on any atom is 0.292 e. The van der Waals surface area contributed by atoms with Crippen molar-refractivity contribution in [2.45, 2.75) is 4.21 Å². The van der Waals surface area contributed by atoms with Gasteiger partial charge in [0.2, 0.25) is 5.78 Å². The van der Waals surface area contributed by atoms with Gasteiger partial charge < -0.3 is 5.32 Å². The Morgan fingerprint density at radius 2 is 1.72 bits per heavy atom. The first-order valence-corrected chi connectivity index (χ1v) is 11.4. The third-order valence-electron chi connectivity index (χ3n) is 4.14. The molecule has 0 amide bonds. The first-order chi connectivity index (χ1) is 13.8. The van der Waals surface area contributed by atoms with E-state index in [2.05, 4.69) is 9.71 Å². The van der Waals surface area contributed by atoms with Gasteiger partial charge in [-0.15, -0.1) is 11.3 Å². The van der Waals surface area contributed by atoms with E-state index in [-0.39, 0.29) is 21.4 Å². The molecular weight excluding hydrogens is 451 g/mol. The maximum absolute atomic E-state index is 12.9. The summed E-state index contributed by atoms with van der Waals surface area (Å²) in [5, 5.41) is 5.42. The lowest BCUT2D eigenvalue weighted by Gasteiger charge is -2.19. The molecule has 0 spiro atoms. The standard InChI is InChI=1S/C20H12Cl2N2O3S2/c21-12-7-8-15(22)17(10-12)23-18-11-16(13-4-1-2-5-14(13)20(18)25)24-29(26,27)19-6-3-9-28-19/h1-11,23H. The van der Waals surface area contributed by atoms with E-state index in [1.807, 2.05) is 0 Å². The zero-order valence-electron chi connectivity index (χ0n) is 14.6. The van der Waals surface area contributed by atoms with E-state index in [0.717, 1.165) is 11.3 Å². The molecule has 1 aliphatic carbocycles. The van der Waals surface area contributed by atoms with Crippen LogP contribution >= 0.6 is 34.5 Å². The number of halogens is 2. The summed E-state index contributed by atoms with van der Waals surface area (Å²) >= 11 is 13.3. The molecule has 0 fully saturated rings. The summed E-state index contributed by atoms with van der Waals surface area (Å²) in [5.74, 6) is -0.302. The lowest BCUT2D eigenvalue weighted by molar-refractivity contribution is 0.103. The predicted octanol–water partition coefficient (Wildman–Crippen LogP) is 5.43. The predicted molar refractivity (Wildman–Crippen MR) is 117 cm³/mol. The van der Waals surface area contributed by atoms with Gasteiger partial charge in [0.25, 0.3) is 10.0 Å². The number of benzene rings is 2. The minimum atomic E-state index is -3.91. The van der Waals surface area contributed by atoms with Crippen LogP contribution in [0.5, 0.6) is 0 Å². The van der Waals surface area contributed by atoms with Crippen LogP contribution in [0.25, 0.3) is 0 Å². The quantitative estimate of drug-likeness (QED) is 0.560. The molecule has 1 N–H and O–H groups in total. The van der Waals surface area contributed by atoms with Crippen LogP contribution in [0.1, 0.15) is 15.9 Å². The lowest BCUT2D eigenvalue weighted by atomic mass is 9.92. The second-order valence-corrected chi connectivity index (χ2v) is 9.69. The molecule has 0 atom stereocenters. The molecule has 146 valence electrons. The molecule has 5 nitrogen and oxygen atoms in total. The summed E-state index contributed by atoms with van der Waals surface area (Å²) in [4.78, 5) is 12.9. The van der Waals surface area contributed by atoms with Gasteiger partial charge in [0.05, 0.1) is 22.1 Å². The van der Waals surface area contributed by atoms with Gasteiger partial charge in [-0.3, -0.25) is 4.79 Å². The molecule has 3 aromatic rings. The molecule has 1 aromatic heterocycles. The molecule has 4 rings (SSSR count). The average Bonchev–Trinajstić information content (AvgIpc) is 3.24. The van der Waals surface area contributed by atoms with Crippen molar-refractivity contribution in [2.75, 3.05) is 5.32 Å². The average molecular weight is 463 g/mol. The summed E-state index contributed by atoms with van der Waals surface area (Å²) in [5.41, 5.74) is 1.53. The highest BCUT2D eigenvalue weighted by Crippen LogP contribution is 2.30. The van der Waals surface area contributed by atoms with Crippen molar-refractivity contribution in [1.29, 1.82) is 0 Å². The van der Waals surface area contributed by atoms with Crippen molar-refractivity contribution in [3.63, 3.8) is 0 Å². The monoisotopic (exact) mass is 462 g/mol. The van der Waals surface area contributed by atoms with Gasteiger partial charge in [-0.2, -0.15) is 12.8 Å². The van der Waals surface area contributed by atoms with E-state index in [9.17, 15) is 13.2 Å². The molecule has 0 unspecified atom stereocenters. The highest BCUT2D eigenvalue weighted by molar-refractivity contribution is 7.92. The van der Waals surface area contributed by atoms with Crippen LogP contribution in [-0.2, 0) is 10.0 Å². The van der Waals surface area contributed by atoms with E-state index in [1.165, 1.54) is 12.1 Å². The van der Waals surface area contributed by atoms with Crippen LogP contribution in [0.2, 0.25) is 10.0 Å². The van der Waals surface area contributed by atoms with Gasteiger partial charge >= 0.3 is 0 Å². The third-order valence-corrected chi connectivity index (χ3v) is 7.37. The minimum Gasteiger partial charge on any atom is -0.351 e. The Kier molecular flexibility index (Phi) is 5.31. The van der Waals surface area contributed by atoms with E-state index in [1.54, 1.807) is 53.9 Å². The van der Waals surface area contributed by atoms with Crippen LogP contribution in [0.15, 0.2) is 80.4 Å². The Bertz CT molecular complexity index is 1280. The smallest absolute Gasteiger partial charge is 0.292 e. The van der Waals surface area contributed by atoms with Crippen molar-refractivity contribution < 1.29 is 13.2 Å². The Labute approximate surface area is 181 Å². The number of ketones is 1. The van der Waals surface area contributed by atoms with Crippen molar-refractivity contribution >= 4 is 61.7 Å². The van der Waals surface area contributed by atoms with E-state index < -0.39 is 10.0 Å². The number of rotatable bonds is 4. The number of allylic oxidation sites excluding steroid dienone is 2. The van der Waals surface area contributed by atoms with Gasteiger partial charge in [0, 0.05) is 16.1 Å². The number of anilines is 1. The van der Waals surface area contributed by atoms with Gasteiger partial charge in [0.1, 0.15) is 4.21 Å². The molecule has 0 saturated carbocycles. The number of nitrogens with zero attached hydrogens (tertiary/aromatic N) is 1. The number of fused-ring (bicyclic) bond motifs is 1. The van der Waals surface area contributed by atoms with E-state index in [0.29, 0.717) is 26.9 Å². The van der Waals surface area contributed by atoms with Gasteiger partial charge in [-0.05, 0) is 35.7 Å². The van der Waals surface area contributed by atoms with Crippen LogP contribution in [0.4, 0.5) is 5.69 Å². The number of nitrogens with one attached hydrogen (secondary N) is 1. The van der Waals surface area contributed by atoms with Crippen molar-refractivity contribution in [1.82, 2.24) is 0 Å². The number of sulfonamides is 1. The molecule has 0 radical (unpaired) electrons. The third kappa shape index (κ3) is 4.00. The topological polar surface area (TPSA) is 75.6 Å². The van der Waals surface area contributed by atoms with Crippen LogP contribution in [0, 0.1) is 0 Å². The Morgan fingerprint density at radius 3 is 2.45 bits per heavy atom. The summed E-state index contributed by atoms with van der Waals surface area (Å²) in [7, 11) is -3.91. The molecule has 9 heteroatoms. The largest absolute Gasteiger partial charge is 0.351 e. The Morgan fingerprint density at radius 1 is 0.966 bits per heavy atom. The number of carbonyl (C=O) groups is 1. The fraction of sp³-hybridized carbons (Fsp3) is 0. The zero-order chi connectivity index (χ0) is 20.6. The minimum absolute atomic E-state index is 0.125. The number of thiophene rings is 1. The lowest BCUT2D eigenvalue weighted by Crippen LogP contribution is -2.22. The highest BCUT2D eigenvalue weighted by atomic mass is 35.5. The SMILES string of the molecule is O=C1C(Nc2cc(Cl)ccc2Cl)=CC(=NS(=O)(=O)c2cccs2)c2ccccc21. The molecule has 1 aliphatic rings. The highest BCUT2D eigenvalue weighted by Gasteiger charge is 2.26. The van der Waals surface area contributed by atoms with Crippen molar-refractivity contribution in [3.05, 3.63) is 92.9 Å². The second kappa shape index (κ2) is 7.76. The van der Waals surface area contributed by atoms with Crippen LogP contribution in [0.3, 0.4) is 0 Å². The second-order valence-electron chi connectivity index (χ2n) is 6.07. The molecule has 0 aliphatic heterocycles. The van der Waals surface area contributed by atoms with E-state index >= 15 is 0 Å². The van der Waals surface area contributed by atoms with Crippen LogP contribution in [-0.4, -0.2) is 19.9 Å². The fourth-order valence-corrected chi connectivity index (χ4v) is 5.12. The Hall–Kier alpha value is -2.45. The van der Waals surface area contributed by atoms with E-state index in [4.69, 9.17) is 23.2 Å². The number of Topliss-reactive ketones (excluding diaryl/α,β-unsaturated/α-hetero) is 1. The van der Waals surface area contributed by atoms with Crippen LogP contribution < -0.4 is 5.32 Å². The molecule has 2 aromatic carbocycles. The normalized spacial score (nSPS) is 15.2. The fourth-order valence-electron chi connectivity index (χ4n) is 2.82. The van der Waals surface area contributed by atoms with Crippen molar-refractivity contribution in [3.8, 4) is 0 Å². The first kappa shape index (κ1) is 19.8. The summed E-state index contributed by atoms with van der Waals surface area (Å²) < 4.78 is 29.4. The number of hydrogen-bond acceptors (Lipinski definition) is 5. The molecule has 0 saturated heterocycles. The van der Waals surface area contributed by atoms with Crippen molar-refractivity contribution in [2.24, 2.45) is 4.40 Å². The van der Waals surface area contributed by atoms with Gasteiger partial charge in [-0.25, -0.2) is 0 Å². The molecular formula is C20H12Cl2N2O3S2. The molecule has 29 heavy (non-hydrogen) atoms. The summed E-state index contributed by atoms with van der Waals surface area (Å²) in [6.45, 7) is 0. The first-order valence-electron chi connectivity index (χ1n) is 8.31. The zero-order valence-corrected chi connectivity index (χ0v) is 17.7.